The van der Waals surface area contributed by atoms with Crippen molar-refractivity contribution in [1.82, 2.24) is 19.4 Å². The van der Waals surface area contributed by atoms with Crippen LogP contribution in [0, 0.1) is 5.41 Å². The maximum Gasteiger partial charge on any atom is 0.242 e. The van der Waals surface area contributed by atoms with Crippen molar-refractivity contribution in [3.05, 3.63) is 40.5 Å². The number of rotatable bonds is 8. The maximum atomic E-state index is 13.6. The second-order valence-corrected chi connectivity index (χ2v) is 9.86. The molecule has 0 bridgehead atoms. The van der Waals surface area contributed by atoms with Crippen molar-refractivity contribution < 1.29 is 19.0 Å². The van der Waals surface area contributed by atoms with Gasteiger partial charge in [0.2, 0.25) is 11.5 Å². The molecule has 0 aliphatic carbocycles. The summed E-state index contributed by atoms with van der Waals surface area (Å²) in [4.78, 5) is 15.8. The minimum Gasteiger partial charge on any atom is -0.494 e. The second-order valence-electron chi connectivity index (χ2n) is 9.86. The van der Waals surface area contributed by atoms with E-state index in [4.69, 9.17) is 19.6 Å². The van der Waals surface area contributed by atoms with E-state index in [1.54, 1.807) is 7.11 Å². The van der Waals surface area contributed by atoms with Gasteiger partial charge in [-0.15, -0.1) is 10.2 Å². The lowest BCUT2D eigenvalue weighted by Gasteiger charge is -2.33. The summed E-state index contributed by atoms with van der Waals surface area (Å²) < 4.78 is 19.8. The van der Waals surface area contributed by atoms with Gasteiger partial charge in [0, 0.05) is 29.8 Å². The number of aryl methyl sites for hydroxylation is 1. The number of anilines is 1. The van der Waals surface area contributed by atoms with Crippen molar-refractivity contribution >= 4 is 17.1 Å². The van der Waals surface area contributed by atoms with Crippen molar-refractivity contribution in [1.29, 1.82) is 5.41 Å². The molecule has 0 atom stereocenters. The van der Waals surface area contributed by atoms with Crippen LogP contribution < -0.4 is 20.0 Å². The number of nitrogens with zero attached hydrogens (tertiary/aromatic N) is 5. The summed E-state index contributed by atoms with van der Waals surface area (Å²) in [7, 11) is 1.67. The molecule has 0 spiro atoms. The Hall–Kier alpha value is -3.40. The Bertz CT molecular complexity index is 1310. The van der Waals surface area contributed by atoms with Gasteiger partial charge < -0.3 is 19.1 Å². The van der Waals surface area contributed by atoms with Crippen molar-refractivity contribution in [3.63, 3.8) is 0 Å². The minimum atomic E-state index is -0.240. The van der Waals surface area contributed by atoms with Crippen LogP contribution in [0.15, 0.2) is 18.2 Å². The van der Waals surface area contributed by atoms with E-state index < -0.39 is 0 Å². The predicted octanol–water partition coefficient (Wildman–Crippen LogP) is 3.00. The first-order valence-electron chi connectivity index (χ1n) is 12.4. The number of carbonyl (C=O) groups is 1. The molecule has 0 amide bonds. The first-order chi connectivity index (χ1) is 17.2. The summed E-state index contributed by atoms with van der Waals surface area (Å²) in [5.74, 6) is 1.12. The average molecular weight is 497 g/mol. The van der Waals surface area contributed by atoms with Crippen LogP contribution in [0.25, 0.3) is 5.65 Å². The Morgan fingerprint density at radius 1 is 1.14 bits per heavy atom. The number of aromatic nitrogens is 4. The van der Waals surface area contributed by atoms with Crippen molar-refractivity contribution in [2.75, 3.05) is 44.9 Å². The number of methoxy groups -OCH3 is 1. The Kier molecular flexibility index (Phi) is 7.35. The highest BCUT2D eigenvalue weighted by Gasteiger charge is 2.27. The second kappa shape index (κ2) is 10.3. The topological polar surface area (TPSA) is 107 Å². The quantitative estimate of drug-likeness (QED) is 0.478. The third-order valence-electron chi connectivity index (χ3n) is 6.36. The lowest BCUT2D eigenvalue weighted by Crippen LogP contribution is -2.37. The largest absolute Gasteiger partial charge is 0.494 e. The van der Waals surface area contributed by atoms with Crippen LogP contribution in [0.1, 0.15) is 56.1 Å². The standard InChI is InChI=1S/C26H36N6O4/c1-7-17-15-22-28-31(25(27)32(22)29-24(17)36-8-2)16-21(33)18-13-19(26(3,4)5)23(34-6)20(14-18)30-9-11-35-12-10-30/h13-15,27H,7-12,16H2,1-6H3. The number of hydrogen-bond donors (Lipinski definition) is 1. The van der Waals surface area contributed by atoms with Crippen molar-refractivity contribution in [2.24, 2.45) is 0 Å². The van der Waals surface area contributed by atoms with E-state index in [0.29, 0.717) is 36.9 Å². The van der Waals surface area contributed by atoms with Crippen LogP contribution in [-0.2, 0) is 23.1 Å². The molecular formula is C26H36N6O4. The zero-order valence-electron chi connectivity index (χ0n) is 22.1. The van der Waals surface area contributed by atoms with Gasteiger partial charge in [-0.1, -0.05) is 27.7 Å². The van der Waals surface area contributed by atoms with Gasteiger partial charge in [0.15, 0.2) is 11.4 Å². The fraction of sp³-hybridized carbons (Fsp3) is 0.538. The van der Waals surface area contributed by atoms with Crippen molar-refractivity contribution in [2.45, 2.75) is 53.0 Å². The first kappa shape index (κ1) is 25.7. The van der Waals surface area contributed by atoms with Gasteiger partial charge in [0.05, 0.1) is 32.6 Å². The monoisotopic (exact) mass is 496 g/mol. The Morgan fingerprint density at radius 3 is 2.47 bits per heavy atom. The maximum absolute atomic E-state index is 13.6. The zero-order valence-corrected chi connectivity index (χ0v) is 22.1. The molecule has 10 heteroatoms. The molecule has 0 radical (unpaired) electrons. The molecule has 0 unspecified atom stereocenters. The van der Waals surface area contributed by atoms with Crippen LogP contribution in [0.4, 0.5) is 5.69 Å². The average Bonchev–Trinajstić information content (AvgIpc) is 3.16. The molecule has 3 aromatic rings. The minimum absolute atomic E-state index is 0.0138. The molecular weight excluding hydrogens is 460 g/mol. The van der Waals surface area contributed by atoms with Gasteiger partial charge in [-0.3, -0.25) is 10.2 Å². The molecule has 0 saturated carbocycles. The normalized spacial score (nSPS) is 14.3. The summed E-state index contributed by atoms with van der Waals surface area (Å²) in [6.07, 6.45) is 0.726. The smallest absolute Gasteiger partial charge is 0.242 e. The van der Waals surface area contributed by atoms with Crippen molar-refractivity contribution in [3.8, 4) is 11.6 Å². The summed E-state index contributed by atoms with van der Waals surface area (Å²) >= 11 is 0. The lowest BCUT2D eigenvalue weighted by atomic mass is 9.84. The lowest BCUT2D eigenvalue weighted by molar-refractivity contribution is 0.0965. The fourth-order valence-electron chi connectivity index (χ4n) is 4.43. The van der Waals surface area contributed by atoms with E-state index in [0.717, 1.165) is 42.1 Å². The van der Waals surface area contributed by atoms with Gasteiger partial charge in [0.1, 0.15) is 12.3 Å². The SMILES string of the molecule is CCOc1nn2c(=N)n(CC(=O)c3cc(N4CCOCC4)c(OC)c(C(C)(C)C)c3)nc2cc1CC. The van der Waals surface area contributed by atoms with Gasteiger partial charge in [-0.2, -0.15) is 4.52 Å². The van der Waals surface area contributed by atoms with E-state index in [1.807, 2.05) is 32.0 Å². The molecule has 194 valence electrons. The number of morpholine rings is 1. The number of fused-ring (bicyclic) bond motifs is 1. The molecule has 1 fully saturated rings. The Morgan fingerprint density at radius 2 is 1.86 bits per heavy atom. The van der Waals surface area contributed by atoms with Crippen LogP contribution in [0.3, 0.4) is 0 Å². The predicted molar refractivity (Wildman–Crippen MR) is 136 cm³/mol. The van der Waals surface area contributed by atoms with E-state index in [-0.39, 0.29) is 23.4 Å². The van der Waals surface area contributed by atoms with Crippen LogP contribution >= 0.6 is 0 Å². The highest BCUT2D eigenvalue weighted by Crippen LogP contribution is 2.40. The number of benzene rings is 1. The van der Waals surface area contributed by atoms with Crippen LogP contribution in [0.5, 0.6) is 11.6 Å². The number of carbonyl (C=O) groups excluding carboxylic acids is 1. The van der Waals surface area contributed by atoms with Crippen LogP contribution in [-0.4, -0.2) is 65.2 Å². The summed E-state index contributed by atoms with van der Waals surface area (Å²) in [6.45, 7) is 13.3. The van der Waals surface area contributed by atoms with Gasteiger partial charge in [-0.05, 0) is 37.0 Å². The number of ketones is 1. The van der Waals surface area contributed by atoms with E-state index >= 15 is 0 Å². The number of nitrogens with one attached hydrogen (secondary N) is 1. The molecule has 1 aromatic carbocycles. The zero-order chi connectivity index (χ0) is 26.0. The molecule has 36 heavy (non-hydrogen) atoms. The molecule has 2 aromatic heterocycles. The summed E-state index contributed by atoms with van der Waals surface area (Å²) in [5, 5.41) is 17.6. The molecule has 1 saturated heterocycles. The first-order valence-corrected chi connectivity index (χ1v) is 12.4. The van der Waals surface area contributed by atoms with Gasteiger partial charge >= 0.3 is 0 Å². The molecule has 10 nitrogen and oxygen atoms in total. The molecule has 1 aliphatic heterocycles. The third kappa shape index (κ3) is 4.95. The summed E-state index contributed by atoms with van der Waals surface area (Å²) in [5.41, 5.74) is 3.59. The number of Topliss-reactive ketones (excluding diaryl/α,β-unsaturated/α-hetero) is 1. The van der Waals surface area contributed by atoms with Crippen LogP contribution in [0.2, 0.25) is 0 Å². The Labute approximate surface area is 211 Å². The molecule has 1 aliphatic rings. The molecule has 3 heterocycles. The fourth-order valence-corrected chi connectivity index (χ4v) is 4.43. The molecule has 4 rings (SSSR count). The van der Waals surface area contributed by atoms with E-state index in [2.05, 4.69) is 35.9 Å². The Balaban J connectivity index is 1.75. The third-order valence-corrected chi connectivity index (χ3v) is 6.36. The van der Waals surface area contributed by atoms with Gasteiger partial charge in [0.25, 0.3) is 0 Å². The molecule has 1 N–H and O–H groups in total. The summed E-state index contributed by atoms with van der Waals surface area (Å²) in [6, 6.07) is 5.66. The highest BCUT2D eigenvalue weighted by atomic mass is 16.5. The number of ether oxygens (including phenoxy) is 3. The number of hydrogen-bond acceptors (Lipinski definition) is 8. The highest BCUT2D eigenvalue weighted by molar-refractivity contribution is 5.97. The van der Waals surface area contributed by atoms with Gasteiger partial charge in [-0.25, -0.2) is 4.68 Å². The van der Waals surface area contributed by atoms with E-state index in [1.165, 1.54) is 9.20 Å². The van der Waals surface area contributed by atoms with E-state index in [9.17, 15) is 4.79 Å².